The summed E-state index contributed by atoms with van der Waals surface area (Å²) in [5.74, 6) is -0.807. The van der Waals surface area contributed by atoms with Crippen LogP contribution in [0.4, 0.5) is 5.69 Å². The molecule has 0 spiro atoms. The van der Waals surface area contributed by atoms with Gasteiger partial charge in [0.1, 0.15) is 0 Å². The van der Waals surface area contributed by atoms with Gasteiger partial charge < -0.3 is 10.4 Å². The molecule has 8 heteroatoms. The van der Waals surface area contributed by atoms with Crippen LogP contribution >= 0.6 is 0 Å². The molecule has 0 amide bonds. The molecule has 2 rings (SSSR count). The fraction of sp³-hybridized carbons (Fsp3) is 0.647. The highest BCUT2D eigenvalue weighted by molar-refractivity contribution is 7.92. The van der Waals surface area contributed by atoms with Crippen LogP contribution < -0.4 is 5.32 Å². The molecule has 1 aliphatic rings. The van der Waals surface area contributed by atoms with E-state index in [2.05, 4.69) is 10.3 Å². The highest BCUT2D eigenvalue weighted by atomic mass is 32.2. The predicted molar refractivity (Wildman–Crippen MR) is 96.5 cm³/mol. The first kappa shape index (κ1) is 19.7. The summed E-state index contributed by atoms with van der Waals surface area (Å²) in [4.78, 5) is 16.9. The van der Waals surface area contributed by atoms with Gasteiger partial charge in [0.05, 0.1) is 23.2 Å². The van der Waals surface area contributed by atoms with Gasteiger partial charge in [0, 0.05) is 12.1 Å². The average Bonchev–Trinajstić information content (AvgIpc) is 2.47. The number of nitrogens with zero attached hydrogens (tertiary/aromatic N) is 2. The summed E-state index contributed by atoms with van der Waals surface area (Å²) in [7, 11) is -3.45. The second-order valence-electron chi connectivity index (χ2n) is 7.42. The van der Waals surface area contributed by atoms with Crippen molar-refractivity contribution in [3.63, 3.8) is 0 Å². The van der Waals surface area contributed by atoms with Gasteiger partial charge in [0.15, 0.2) is 14.9 Å². The normalized spacial score (nSPS) is 21.0. The molecule has 1 aromatic rings. The molecular weight excluding hydrogens is 342 g/mol. The smallest absolute Gasteiger partial charge is 0.317 e. The minimum absolute atomic E-state index is 0.0643. The molecule has 1 aliphatic carbocycles. The number of sulfone groups is 1. The Labute approximate surface area is 149 Å². The van der Waals surface area contributed by atoms with Crippen LogP contribution in [0, 0.1) is 0 Å². The van der Waals surface area contributed by atoms with Gasteiger partial charge in [-0.2, -0.15) is 0 Å². The van der Waals surface area contributed by atoms with Gasteiger partial charge in [-0.1, -0.05) is 6.92 Å². The van der Waals surface area contributed by atoms with E-state index in [0.29, 0.717) is 6.54 Å². The van der Waals surface area contributed by atoms with Crippen molar-refractivity contribution in [2.45, 2.75) is 62.4 Å². The number of aromatic nitrogens is 1. The molecule has 0 unspecified atom stereocenters. The largest absolute Gasteiger partial charge is 0.480 e. The number of carboxylic acid groups (broad SMARTS) is 1. The number of carboxylic acids is 1. The highest BCUT2D eigenvalue weighted by Gasteiger charge is 2.34. The molecule has 1 saturated carbocycles. The Morgan fingerprint density at radius 3 is 2.44 bits per heavy atom. The summed E-state index contributed by atoms with van der Waals surface area (Å²) in [6.07, 6.45) is 3.27. The van der Waals surface area contributed by atoms with E-state index in [-0.39, 0.29) is 23.7 Å². The number of hydrogen-bond acceptors (Lipinski definition) is 6. The maximum atomic E-state index is 12.4. The second-order valence-corrected chi connectivity index (χ2v) is 10.1. The van der Waals surface area contributed by atoms with Crippen molar-refractivity contribution in [1.29, 1.82) is 0 Å². The molecule has 25 heavy (non-hydrogen) atoms. The molecule has 0 radical (unpaired) electrons. The van der Waals surface area contributed by atoms with E-state index in [1.54, 1.807) is 33.0 Å². The second kappa shape index (κ2) is 7.29. The lowest BCUT2D eigenvalue weighted by Gasteiger charge is -2.42. The van der Waals surface area contributed by atoms with Crippen LogP contribution in [0.3, 0.4) is 0 Å². The Morgan fingerprint density at radius 1 is 1.36 bits per heavy atom. The van der Waals surface area contributed by atoms with Gasteiger partial charge in [0.2, 0.25) is 0 Å². The summed E-state index contributed by atoms with van der Waals surface area (Å²) >= 11 is 0. The standard InChI is InChI=1S/C17H27N3O4S/c1-5-20(11-16(21)22)14-8-13(9-14)19-12-6-7-15(18-10-12)25(23,24)17(2,3)4/h6-7,10,13-14,19H,5,8-9,11H2,1-4H3,(H,21,22). The first-order chi connectivity index (χ1) is 11.5. The van der Waals surface area contributed by atoms with Crippen molar-refractivity contribution >= 4 is 21.5 Å². The molecule has 0 bridgehead atoms. The third-order valence-corrected chi connectivity index (χ3v) is 6.97. The van der Waals surface area contributed by atoms with Crippen molar-refractivity contribution < 1.29 is 18.3 Å². The zero-order chi connectivity index (χ0) is 18.8. The van der Waals surface area contributed by atoms with Crippen molar-refractivity contribution in [2.75, 3.05) is 18.4 Å². The molecule has 0 saturated heterocycles. The van der Waals surface area contributed by atoms with Crippen LogP contribution in [-0.2, 0) is 14.6 Å². The Hall–Kier alpha value is -1.67. The van der Waals surface area contributed by atoms with E-state index in [0.717, 1.165) is 18.5 Å². The molecule has 2 N–H and O–H groups in total. The number of hydrogen-bond donors (Lipinski definition) is 2. The van der Waals surface area contributed by atoms with Crippen LogP contribution in [0.15, 0.2) is 23.4 Å². The number of likely N-dealkylation sites (N-methyl/N-ethyl adjacent to an activating group) is 1. The first-order valence-corrected chi connectivity index (χ1v) is 9.96. The van der Waals surface area contributed by atoms with Gasteiger partial charge >= 0.3 is 5.97 Å². The summed E-state index contributed by atoms with van der Waals surface area (Å²) in [5, 5.41) is 12.3. The Kier molecular flexibility index (Phi) is 5.73. The Balaban J connectivity index is 1.93. The quantitative estimate of drug-likeness (QED) is 0.758. The van der Waals surface area contributed by atoms with Crippen LogP contribution in [-0.4, -0.2) is 59.3 Å². The summed E-state index contributed by atoms with van der Waals surface area (Å²) in [6.45, 7) is 7.70. The van der Waals surface area contributed by atoms with Crippen molar-refractivity contribution in [2.24, 2.45) is 0 Å². The Bertz CT molecular complexity index is 704. The van der Waals surface area contributed by atoms with Crippen LogP contribution in [0.1, 0.15) is 40.5 Å². The molecule has 140 valence electrons. The van der Waals surface area contributed by atoms with Gasteiger partial charge in [0.25, 0.3) is 0 Å². The molecular formula is C17H27N3O4S. The molecule has 7 nitrogen and oxygen atoms in total. The first-order valence-electron chi connectivity index (χ1n) is 8.47. The van der Waals surface area contributed by atoms with E-state index in [1.165, 1.54) is 6.07 Å². The zero-order valence-electron chi connectivity index (χ0n) is 15.2. The minimum Gasteiger partial charge on any atom is -0.480 e. The molecule has 1 aromatic heterocycles. The van der Waals surface area contributed by atoms with Crippen LogP contribution in [0.5, 0.6) is 0 Å². The monoisotopic (exact) mass is 369 g/mol. The van der Waals surface area contributed by atoms with E-state index in [4.69, 9.17) is 5.11 Å². The van der Waals surface area contributed by atoms with Gasteiger partial charge in [-0.3, -0.25) is 9.69 Å². The van der Waals surface area contributed by atoms with Crippen LogP contribution in [0.2, 0.25) is 0 Å². The third-order valence-electron chi connectivity index (χ3n) is 4.56. The number of aliphatic carboxylic acids is 1. The van der Waals surface area contributed by atoms with Crippen molar-refractivity contribution in [1.82, 2.24) is 9.88 Å². The van der Waals surface area contributed by atoms with Crippen LogP contribution in [0.25, 0.3) is 0 Å². The zero-order valence-corrected chi connectivity index (χ0v) is 16.0. The van der Waals surface area contributed by atoms with Gasteiger partial charge in [-0.05, 0) is 52.3 Å². The maximum Gasteiger partial charge on any atom is 0.317 e. The lowest BCUT2D eigenvalue weighted by molar-refractivity contribution is -0.139. The van der Waals surface area contributed by atoms with E-state index in [1.807, 2.05) is 11.8 Å². The minimum atomic E-state index is -3.45. The SMILES string of the molecule is CCN(CC(=O)O)C1CC(Nc2ccc(S(=O)(=O)C(C)(C)C)nc2)C1. The summed E-state index contributed by atoms with van der Waals surface area (Å²) in [5.41, 5.74) is 0.776. The fourth-order valence-electron chi connectivity index (χ4n) is 2.85. The molecule has 0 atom stereocenters. The summed E-state index contributed by atoms with van der Waals surface area (Å²) in [6, 6.07) is 3.78. The number of anilines is 1. The topological polar surface area (TPSA) is 99.6 Å². The van der Waals surface area contributed by atoms with E-state index >= 15 is 0 Å². The van der Waals surface area contributed by atoms with Crippen molar-refractivity contribution in [3.05, 3.63) is 18.3 Å². The van der Waals surface area contributed by atoms with E-state index < -0.39 is 20.6 Å². The number of carbonyl (C=O) groups is 1. The molecule has 1 heterocycles. The highest BCUT2D eigenvalue weighted by Crippen LogP contribution is 2.29. The maximum absolute atomic E-state index is 12.4. The van der Waals surface area contributed by atoms with Gasteiger partial charge in [-0.15, -0.1) is 0 Å². The van der Waals surface area contributed by atoms with E-state index in [9.17, 15) is 13.2 Å². The van der Waals surface area contributed by atoms with Crippen molar-refractivity contribution in [3.8, 4) is 0 Å². The fourth-order valence-corrected chi connectivity index (χ4v) is 3.92. The summed E-state index contributed by atoms with van der Waals surface area (Å²) < 4.78 is 23.8. The number of rotatable bonds is 7. The third kappa shape index (κ3) is 4.49. The number of nitrogens with one attached hydrogen (secondary N) is 1. The molecule has 0 aliphatic heterocycles. The molecule has 1 fully saturated rings. The van der Waals surface area contributed by atoms with Gasteiger partial charge in [-0.25, -0.2) is 13.4 Å². The lowest BCUT2D eigenvalue weighted by Crippen LogP contribution is -2.51. The average molecular weight is 369 g/mol. The predicted octanol–water partition coefficient (Wildman–Crippen LogP) is 2.00. The molecule has 0 aromatic carbocycles. The number of pyridine rings is 1. The lowest BCUT2D eigenvalue weighted by atomic mass is 9.85. The Morgan fingerprint density at radius 2 is 2.00 bits per heavy atom.